The molecule has 12 atom stereocenters. The summed E-state index contributed by atoms with van der Waals surface area (Å²) in [5.41, 5.74) is 0. The summed E-state index contributed by atoms with van der Waals surface area (Å²) in [6, 6.07) is -0.938. The highest BCUT2D eigenvalue weighted by Crippen LogP contribution is 2.30. The third-order valence-corrected chi connectivity index (χ3v) is 14.2. The molecule has 0 aromatic heterocycles. The van der Waals surface area contributed by atoms with E-state index in [1.165, 1.54) is 25.7 Å². The van der Waals surface area contributed by atoms with Gasteiger partial charge in [-0.05, 0) is 109 Å². The van der Waals surface area contributed by atoms with Crippen LogP contribution in [-0.4, -0.2) is 140 Å². The average Bonchev–Trinajstić information content (AvgIpc) is 2.28. The Kier molecular flexibility index (Phi) is 47.7. The standard InChI is InChI=1S/C70H111NO13/c1-3-5-7-9-11-13-14-15-16-17-18-19-20-21-22-23-24-25-26-27-28-29-30-31-32-33-34-35-36-37-38-39-40-41-42-43-44-46-48-50-52-54-62(75)71-58(59(74)53-51-49-47-45-12-10-8-6-4-2)57-81-69-67(80)65(78)68(61(56-73)83-69)84-70-66(79)64(77)63(76)60(55-72)82-70/h5,7,11,13,15-16,18-19,21-22,24-25,27-28,30-31,33-34,36-37,39-40,42-43,51,53,58-61,63-70,72-74,76-80H,3-4,6,8-10,12,14,17,20,23,26,29,32,35,38,41,44-50,52,54-57H2,1-2H3,(H,71,75)/b7-5-,13-11-,16-15-,19-18-,22-21-,25-24-,28-27-,31-30-,34-33-,37-36-,40-39-,43-42-,53-51+. The molecule has 474 valence electrons. The molecule has 1 amide bonds. The van der Waals surface area contributed by atoms with E-state index in [4.69, 9.17) is 18.9 Å². The summed E-state index contributed by atoms with van der Waals surface area (Å²) in [6.45, 7) is 2.59. The molecule has 9 N–H and O–H groups in total. The molecule has 0 radical (unpaired) electrons. The van der Waals surface area contributed by atoms with E-state index in [1.54, 1.807) is 6.08 Å². The van der Waals surface area contributed by atoms with Gasteiger partial charge < -0.3 is 65.1 Å². The van der Waals surface area contributed by atoms with E-state index in [1.807, 2.05) is 6.08 Å². The van der Waals surface area contributed by atoms with Crippen LogP contribution in [0.1, 0.15) is 181 Å². The number of carbonyl (C=O) groups is 1. The fourth-order valence-electron chi connectivity index (χ4n) is 9.15. The van der Waals surface area contributed by atoms with Crippen molar-refractivity contribution in [3.05, 3.63) is 158 Å². The van der Waals surface area contributed by atoms with E-state index in [9.17, 15) is 45.6 Å². The zero-order valence-corrected chi connectivity index (χ0v) is 51.1. The molecule has 2 heterocycles. The predicted molar refractivity (Wildman–Crippen MR) is 341 cm³/mol. The van der Waals surface area contributed by atoms with Gasteiger partial charge in [-0.3, -0.25) is 4.79 Å². The Bertz CT molecular complexity index is 2010. The Labute approximate surface area is 505 Å². The smallest absolute Gasteiger partial charge is 0.220 e. The van der Waals surface area contributed by atoms with Crippen molar-refractivity contribution in [3.63, 3.8) is 0 Å². The zero-order chi connectivity index (χ0) is 60.9. The summed E-state index contributed by atoms with van der Waals surface area (Å²) in [4.78, 5) is 13.2. The molecule has 2 aliphatic heterocycles. The van der Waals surface area contributed by atoms with E-state index in [0.29, 0.717) is 6.42 Å². The number of amides is 1. The Morgan fingerprint density at radius 2 is 0.821 bits per heavy atom. The number of carbonyl (C=O) groups excluding carboxylic acids is 1. The number of aliphatic hydroxyl groups excluding tert-OH is 8. The molecular weight excluding hydrogens is 1060 g/mol. The maximum atomic E-state index is 13.2. The van der Waals surface area contributed by atoms with E-state index < -0.39 is 86.8 Å². The third kappa shape index (κ3) is 37.2. The highest BCUT2D eigenvalue weighted by molar-refractivity contribution is 5.76. The molecule has 0 saturated carbocycles. The van der Waals surface area contributed by atoms with E-state index >= 15 is 0 Å². The lowest BCUT2D eigenvalue weighted by molar-refractivity contribution is -0.359. The number of rotatable bonds is 48. The van der Waals surface area contributed by atoms with Crippen molar-refractivity contribution in [1.82, 2.24) is 5.32 Å². The number of nitrogens with one attached hydrogen (secondary N) is 1. The van der Waals surface area contributed by atoms with Crippen LogP contribution in [0.4, 0.5) is 0 Å². The summed E-state index contributed by atoms with van der Waals surface area (Å²) >= 11 is 0. The minimum absolute atomic E-state index is 0.240. The van der Waals surface area contributed by atoms with Crippen LogP contribution in [0.2, 0.25) is 0 Å². The molecule has 2 aliphatic rings. The molecule has 0 aliphatic carbocycles. The third-order valence-electron chi connectivity index (χ3n) is 14.2. The molecule has 0 bridgehead atoms. The number of hydrogen-bond acceptors (Lipinski definition) is 13. The van der Waals surface area contributed by atoms with Crippen LogP contribution in [0.5, 0.6) is 0 Å². The van der Waals surface area contributed by atoms with Crippen molar-refractivity contribution in [2.75, 3.05) is 19.8 Å². The monoisotopic (exact) mass is 1170 g/mol. The molecule has 2 saturated heterocycles. The van der Waals surface area contributed by atoms with Crippen molar-refractivity contribution in [2.45, 2.75) is 254 Å². The van der Waals surface area contributed by atoms with Crippen LogP contribution in [0, 0.1) is 0 Å². The van der Waals surface area contributed by atoms with Crippen LogP contribution >= 0.6 is 0 Å². The molecule has 84 heavy (non-hydrogen) atoms. The van der Waals surface area contributed by atoms with Gasteiger partial charge in [0.15, 0.2) is 12.6 Å². The van der Waals surface area contributed by atoms with Crippen molar-refractivity contribution >= 4 is 5.91 Å². The maximum absolute atomic E-state index is 13.2. The summed E-state index contributed by atoms with van der Waals surface area (Å²) in [6.07, 6.45) is 64.6. The fourth-order valence-corrected chi connectivity index (χ4v) is 9.15. The van der Waals surface area contributed by atoms with Crippen LogP contribution < -0.4 is 5.32 Å². The number of allylic oxidation sites excluding steroid dienone is 25. The lowest BCUT2D eigenvalue weighted by atomic mass is 9.97. The Morgan fingerprint density at radius 1 is 0.440 bits per heavy atom. The second kappa shape index (κ2) is 52.9. The fraction of sp³-hybridized carbons (Fsp3) is 0.614. The highest BCUT2D eigenvalue weighted by Gasteiger charge is 2.51. The summed E-state index contributed by atoms with van der Waals surface area (Å²) < 4.78 is 22.7. The second-order valence-electron chi connectivity index (χ2n) is 21.5. The Balaban J connectivity index is 1.62. The van der Waals surface area contributed by atoms with Gasteiger partial charge in [0.2, 0.25) is 5.91 Å². The summed E-state index contributed by atoms with van der Waals surface area (Å²) in [7, 11) is 0. The van der Waals surface area contributed by atoms with Crippen molar-refractivity contribution < 1.29 is 64.6 Å². The Morgan fingerprint density at radius 3 is 1.26 bits per heavy atom. The zero-order valence-electron chi connectivity index (χ0n) is 51.1. The maximum Gasteiger partial charge on any atom is 0.220 e. The molecule has 0 aromatic rings. The first-order valence-corrected chi connectivity index (χ1v) is 31.7. The first kappa shape index (κ1) is 75.7. The molecular formula is C70H111NO13. The van der Waals surface area contributed by atoms with Gasteiger partial charge in [-0.25, -0.2) is 0 Å². The van der Waals surface area contributed by atoms with Gasteiger partial charge in [0.05, 0.1) is 32.0 Å². The van der Waals surface area contributed by atoms with Crippen LogP contribution in [0.3, 0.4) is 0 Å². The number of hydrogen-bond donors (Lipinski definition) is 9. The van der Waals surface area contributed by atoms with Crippen LogP contribution in [-0.2, 0) is 23.7 Å². The van der Waals surface area contributed by atoms with Gasteiger partial charge in [0.25, 0.3) is 0 Å². The van der Waals surface area contributed by atoms with Gasteiger partial charge >= 0.3 is 0 Å². The molecule has 14 nitrogen and oxygen atoms in total. The lowest BCUT2D eigenvalue weighted by Crippen LogP contribution is -2.65. The topological polar surface area (TPSA) is 228 Å². The van der Waals surface area contributed by atoms with Gasteiger partial charge in [-0.15, -0.1) is 0 Å². The lowest BCUT2D eigenvalue weighted by Gasteiger charge is -2.46. The van der Waals surface area contributed by atoms with Crippen molar-refractivity contribution in [3.8, 4) is 0 Å². The number of unbranched alkanes of at least 4 members (excludes halogenated alkanes) is 11. The molecule has 14 heteroatoms. The van der Waals surface area contributed by atoms with Crippen molar-refractivity contribution in [1.29, 1.82) is 0 Å². The van der Waals surface area contributed by atoms with Gasteiger partial charge in [-0.2, -0.15) is 0 Å². The molecule has 0 spiro atoms. The summed E-state index contributed by atoms with van der Waals surface area (Å²) in [5, 5.41) is 86.8. The second-order valence-corrected chi connectivity index (χ2v) is 21.5. The molecule has 12 unspecified atom stereocenters. The van der Waals surface area contributed by atoms with Gasteiger partial charge in [0.1, 0.15) is 48.8 Å². The first-order chi connectivity index (χ1) is 41.1. The SMILES string of the molecule is CC/C=C\C/C=C\C/C=C\C/C=C\C/C=C\C/C=C\C/C=C\C/C=C\C/C=C\C/C=C\C/C=C\C/C=C\CCCCCCC(=O)NC(COC1OC(CO)C(OC2OC(CO)C(O)C(O)C2O)C(O)C1O)C(O)/C=C/CCCCCCCCC. The normalized spacial score (nSPS) is 24.8. The molecule has 2 rings (SSSR count). The van der Waals surface area contributed by atoms with E-state index in [2.05, 4.69) is 165 Å². The number of ether oxygens (including phenoxy) is 4. The van der Waals surface area contributed by atoms with Crippen LogP contribution in [0.25, 0.3) is 0 Å². The summed E-state index contributed by atoms with van der Waals surface area (Å²) in [5.74, 6) is -0.274. The van der Waals surface area contributed by atoms with E-state index in [0.717, 1.165) is 128 Å². The van der Waals surface area contributed by atoms with Crippen molar-refractivity contribution in [2.24, 2.45) is 0 Å². The molecule has 0 aromatic carbocycles. The first-order valence-electron chi connectivity index (χ1n) is 31.7. The largest absolute Gasteiger partial charge is 0.394 e. The molecule has 2 fully saturated rings. The average molecular weight is 1170 g/mol. The predicted octanol–water partition coefficient (Wildman–Crippen LogP) is 11.9. The Hall–Kier alpha value is -4.39. The minimum Gasteiger partial charge on any atom is -0.394 e. The van der Waals surface area contributed by atoms with Gasteiger partial charge in [0, 0.05) is 6.42 Å². The minimum atomic E-state index is -1.80. The van der Waals surface area contributed by atoms with Crippen LogP contribution in [0.15, 0.2) is 158 Å². The van der Waals surface area contributed by atoms with Gasteiger partial charge in [-0.1, -0.05) is 223 Å². The quantitative estimate of drug-likeness (QED) is 0.0204. The highest BCUT2D eigenvalue weighted by atomic mass is 16.7. The number of aliphatic hydroxyl groups is 8. The van der Waals surface area contributed by atoms with E-state index in [-0.39, 0.29) is 18.9 Å².